The molecular weight excluding hydrogens is 246 g/mol. The molecular formula is C17H25N3. The Morgan fingerprint density at radius 3 is 2.65 bits per heavy atom. The fourth-order valence-electron chi connectivity index (χ4n) is 2.13. The molecule has 3 nitrogen and oxygen atoms in total. The fourth-order valence-corrected chi connectivity index (χ4v) is 2.13. The molecule has 0 aliphatic rings. The molecule has 0 fully saturated rings. The molecule has 1 aromatic heterocycles. The van der Waals surface area contributed by atoms with Crippen LogP contribution in [0.5, 0.6) is 0 Å². The van der Waals surface area contributed by atoms with Crippen molar-refractivity contribution >= 4 is 10.8 Å². The number of hydrogen-bond acceptors (Lipinski definition) is 3. The van der Waals surface area contributed by atoms with E-state index in [9.17, 15) is 0 Å². The lowest BCUT2D eigenvalue weighted by atomic mass is 10.1. The van der Waals surface area contributed by atoms with Crippen LogP contribution in [0.2, 0.25) is 0 Å². The third-order valence-corrected chi connectivity index (χ3v) is 3.31. The van der Waals surface area contributed by atoms with Crippen molar-refractivity contribution in [3.63, 3.8) is 0 Å². The molecule has 1 unspecified atom stereocenters. The first-order valence-corrected chi connectivity index (χ1v) is 7.27. The van der Waals surface area contributed by atoms with E-state index in [4.69, 9.17) is 0 Å². The fraction of sp³-hybridized carbons (Fsp3) is 0.471. The summed E-state index contributed by atoms with van der Waals surface area (Å²) in [5.74, 6) is 0. The van der Waals surface area contributed by atoms with E-state index in [-0.39, 0.29) is 5.54 Å². The third kappa shape index (κ3) is 4.29. The monoisotopic (exact) mass is 271 g/mol. The van der Waals surface area contributed by atoms with Crippen LogP contribution in [0.25, 0.3) is 10.8 Å². The molecule has 2 rings (SSSR count). The lowest BCUT2D eigenvalue weighted by molar-refractivity contribution is 0.387. The lowest BCUT2D eigenvalue weighted by Gasteiger charge is -2.24. The van der Waals surface area contributed by atoms with Gasteiger partial charge in [0.25, 0.3) is 0 Å². The summed E-state index contributed by atoms with van der Waals surface area (Å²) in [6, 6.07) is 10.9. The summed E-state index contributed by atoms with van der Waals surface area (Å²) in [6.07, 6.45) is 1.89. The van der Waals surface area contributed by atoms with Gasteiger partial charge in [-0.05, 0) is 39.1 Å². The normalized spacial score (nSPS) is 13.6. The highest BCUT2D eigenvalue weighted by Gasteiger charge is 2.11. The van der Waals surface area contributed by atoms with Gasteiger partial charge in [-0.3, -0.25) is 4.98 Å². The van der Waals surface area contributed by atoms with Gasteiger partial charge in [0.1, 0.15) is 0 Å². The number of nitrogens with one attached hydrogen (secondary N) is 2. The zero-order valence-electron chi connectivity index (χ0n) is 12.9. The van der Waals surface area contributed by atoms with Gasteiger partial charge in [-0.2, -0.15) is 0 Å². The SMILES string of the molecule is CC(CNC(C)(C)C)NCc1nccc2ccccc12. The minimum absolute atomic E-state index is 0.160. The molecule has 0 aliphatic carbocycles. The van der Waals surface area contributed by atoms with Gasteiger partial charge in [0.2, 0.25) is 0 Å². The molecule has 0 saturated heterocycles. The Kier molecular flexibility index (Phi) is 4.73. The minimum Gasteiger partial charge on any atom is -0.311 e. The molecule has 0 radical (unpaired) electrons. The first kappa shape index (κ1) is 14.9. The lowest BCUT2D eigenvalue weighted by Crippen LogP contribution is -2.44. The molecule has 108 valence electrons. The Bertz CT molecular complexity index is 552. The van der Waals surface area contributed by atoms with Gasteiger partial charge in [-0.15, -0.1) is 0 Å². The van der Waals surface area contributed by atoms with Crippen LogP contribution in [0.4, 0.5) is 0 Å². The number of hydrogen-bond donors (Lipinski definition) is 2. The number of benzene rings is 1. The van der Waals surface area contributed by atoms with E-state index >= 15 is 0 Å². The number of aromatic nitrogens is 1. The molecule has 3 heteroatoms. The summed E-state index contributed by atoms with van der Waals surface area (Å²) in [4.78, 5) is 4.50. The van der Waals surface area contributed by atoms with Crippen LogP contribution < -0.4 is 10.6 Å². The molecule has 0 amide bonds. The third-order valence-electron chi connectivity index (χ3n) is 3.31. The number of nitrogens with zero attached hydrogens (tertiary/aromatic N) is 1. The van der Waals surface area contributed by atoms with Gasteiger partial charge in [-0.1, -0.05) is 24.3 Å². The largest absolute Gasteiger partial charge is 0.311 e. The van der Waals surface area contributed by atoms with Crippen LogP contribution in [-0.2, 0) is 6.54 Å². The summed E-state index contributed by atoms with van der Waals surface area (Å²) in [5, 5.41) is 9.54. The Balaban J connectivity index is 1.96. The number of rotatable bonds is 5. The molecule has 20 heavy (non-hydrogen) atoms. The predicted octanol–water partition coefficient (Wildman–Crippen LogP) is 3.10. The van der Waals surface area contributed by atoms with Crippen LogP contribution in [-0.4, -0.2) is 23.1 Å². The molecule has 0 saturated carbocycles. The van der Waals surface area contributed by atoms with Gasteiger partial charge >= 0.3 is 0 Å². The molecule has 2 aromatic rings. The van der Waals surface area contributed by atoms with E-state index < -0.39 is 0 Å². The van der Waals surface area contributed by atoms with Crippen LogP contribution in [0.1, 0.15) is 33.4 Å². The van der Waals surface area contributed by atoms with E-state index in [1.165, 1.54) is 10.8 Å². The average Bonchev–Trinajstić information content (AvgIpc) is 2.42. The van der Waals surface area contributed by atoms with E-state index in [0.717, 1.165) is 18.8 Å². The molecule has 0 aliphatic heterocycles. The average molecular weight is 271 g/mol. The number of fused-ring (bicyclic) bond motifs is 1. The van der Waals surface area contributed by atoms with Crippen molar-refractivity contribution < 1.29 is 0 Å². The Morgan fingerprint density at radius 2 is 1.90 bits per heavy atom. The van der Waals surface area contributed by atoms with Crippen molar-refractivity contribution in [3.8, 4) is 0 Å². The molecule has 0 bridgehead atoms. The highest BCUT2D eigenvalue weighted by Crippen LogP contribution is 2.16. The second-order valence-electron chi connectivity index (χ2n) is 6.39. The van der Waals surface area contributed by atoms with E-state index in [1.807, 2.05) is 6.20 Å². The van der Waals surface area contributed by atoms with Crippen molar-refractivity contribution in [2.75, 3.05) is 6.54 Å². The maximum absolute atomic E-state index is 4.50. The number of pyridine rings is 1. The van der Waals surface area contributed by atoms with Crippen LogP contribution in [0, 0.1) is 0 Å². The van der Waals surface area contributed by atoms with Crippen LogP contribution in [0.3, 0.4) is 0 Å². The van der Waals surface area contributed by atoms with Crippen molar-refractivity contribution in [2.24, 2.45) is 0 Å². The van der Waals surface area contributed by atoms with Crippen molar-refractivity contribution in [1.29, 1.82) is 0 Å². The standard InChI is InChI=1S/C17H25N3/c1-13(11-20-17(2,3)4)19-12-16-15-8-6-5-7-14(15)9-10-18-16/h5-10,13,19-20H,11-12H2,1-4H3. The van der Waals surface area contributed by atoms with E-state index in [1.54, 1.807) is 0 Å². The Morgan fingerprint density at radius 1 is 1.15 bits per heavy atom. The van der Waals surface area contributed by atoms with E-state index in [0.29, 0.717) is 6.04 Å². The quantitative estimate of drug-likeness (QED) is 0.877. The zero-order chi connectivity index (χ0) is 14.6. The maximum Gasteiger partial charge on any atom is 0.0619 e. The summed E-state index contributed by atoms with van der Waals surface area (Å²) in [7, 11) is 0. The summed E-state index contributed by atoms with van der Waals surface area (Å²) < 4.78 is 0. The van der Waals surface area contributed by atoms with Crippen molar-refractivity contribution in [1.82, 2.24) is 15.6 Å². The van der Waals surface area contributed by atoms with Crippen LogP contribution in [0.15, 0.2) is 36.5 Å². The molecule has 1 heterocycles. The first-order valence-electron chi connectivity index (χ1n) is 7.27. The Labute approximate surface area is 121 Å². The van der Waals surface area contributed by atoms with Gasteiger partial charge in [0.05, 0.1) is 5.69 Å². The van der Waals surface area contributed by atoms with Crippen molar-refractivity contribution in [3.05, 3.63) is 42.2 Å². The summed E-state index contributed by atoms with van der Waals surface area (Å²) >= 11 is 0. The highest BCUT2D eigenvalue weighted by atomic mass is 15.0. The molecule has 1 atom stereocenters. The molecule has 2 N–H and O–H groups in total. The topological polar surface area (TPSA) is 37.0 Å². The predicted molar refractivity (Wildman–Crippen MR) is 85.8 cm³/mol. The highest BCUT2D eigenvalue weighted by molar-refractivity contribution is 5.84. The summed E-state index contributed by atoms with van der Waals surface area (Å²) in [5.41, 5.74) is 1.28. The van der Waals surface area contributed by atoms with Gasteiger partial charge in [-0.25, -0.2) is 0 Å². The smallest absolute Gasteiger partial charge is 0.0619 e. The zero-order valence-corrected chi connectivity index (χ0v) is 12.9. The molecule has 1 aromatic carbocycles. The van der Waals surface area contributed by atoms with Crippen LogP contribution >= 0.6 is 0 Å². The van der Waals surface area contributed by atoms with Gasteiger partial charge in [0, 0.05) is 36.3 Å². The first-order chi connectivity index (χ1) is 9.46. The minimum atomic E-state index is 0.160. The van der Waals surface area contributed by atoms with Gasteiger partial charge < -0.3 is 10.6 Å². The van der Waals surface area contributed by atoms with E-state index in [2.05, 4.69) is 73.6 Å². The second kappa shape index (κ2) is 6.33. The Hall–Kier alpha value is -1.45. The summed E-state index contributed by atoms with van der Waals surface area (Å²) in [6.45, 7) is 10.5. The maximum atomic E-state index is 4.50. The molecule has 0 spiro atoms. The van der Waals surface area contributed by atoms with Crippen molar-refractivity contribution in [2.45, 2.75) is 45.8 Å². The van der Waals surface area contributed by atoms with Gasteiger partial charge in [0.15, 0.2) is 0 Å². The second-order valence-corrected chi connectivity index (χ2v) is 6.39.